The standard InChI is InChI=1S/C21H17ClN2O3/c1-23-16-4-2-3-14(22)18(16)19-17(23)10-24(20(19)25)15-8-7-11-5-6-12(21(26)27)9-13(11)15/h2-6,9,15H,7-8,10H2,1H3,(H,26,27). The third-order valence-electron chi connectivity index (χ3n) is 5.91. The molecule has 27 heavy (non-hydrogen) atoms. The van der Waals surface area contributed by atoms with E-state index < -0.39 is 5.97 Å². The smallest absolute Gasteiger partial charge is 0.335 e. The van der Waals surface area contributed by atoms with Crippen LogP contribution in [0.3, 0.4) is 0 Å². The number of aryl methyl sites for hydroxylation is 2. The number of hydrogen-bond donors (Lipinski definition) is 1. The lowest BCUT2D eigenvalue weighted by molar-refractivity contribution is 0.0696. The van der Waals surface area contributed by atoms with E-state index in [0.717, 1.165) is 40.6 Å². The molecule has 1 aromatic heterocycles. The molecule has 3 aromatic rings. The predicted octanol–water partition coefficient (Wildman–Crippen LogP) is 4.17. The molecule has 5 nitrogen and oxygen atoms in total. The van der Waals surface area contributed by atoms with Gasteiger partial charge in [-0.2, -0.15) is 0 Å². The summed E-state index contributed by atoms with van der Waals surface area (Å²) in [5.74, 6) is -0.973. The number of carboxylic acid groups (broad SMARTS) is 1. The van der Waals surface area contributed by atoms with Crippen LogP contribution in [0, 0.1) is 0 Å². The predicted molar refractivity (Wildman–Crippen MR) is 102 cm³/mol. The number of carbonyl (C=O) groups excluding carboxylic acids is 1. The van der Waals surface area contributed by atoms with Crippen LogP contribution in [0.15, 0.2) is 36.4 Å². The van der Waals surface area contributed by atoms with Crippen molar-refractivity contribution in [3.8, 4) is 0 Å². The first kappa shape index (κ1) is 16.4. The summed E-state index contributed by atoms with van der Waals surface area (Å²) in [7, 11) is 1.96. The van der Waals surface area contributed by atoms with Gasteiger partial charge in [-0.05, 0) is 48.2 Å². The number of aromatic nitrogens is 1. The average molecular weight is 381 g/mol. The van der Waals surface area contributed by atoms with Crippen LogP contribution in [0.4, 0.5) is 0 Å². The molecule has 0 spiro atoms. The number of carboxylic acids is 1. The lowest BCUT2D eigenvalue weighted by Crippen LogP contribution is -2.28. The zero-order chi connectivity index (χ0) is 18.9. The van der Waals surface area contributed by atoms with E-state index in [1.165, 1.54) is 0 Å². The van der Waals surface area contributed by atoms with Crippen molar-refractivity contribution in [2.24, 2.45) is 7.05 Å². The fraction of sp³-hybridized carbons (Fsp3) is 0.238. The number of amides is 1. The molecule has 1 aliphatic heterocycles. The highest BCUT2D eigenvalue weighted by Crippen LogP contribution is 2.43. The van der Waals surface area contributed by atoms with Gasteiger partial charge in [0.1, 0.15) is 0 Å². The molecule has 1 N–H and O–H groups in total. The van der Waals surface area contributed by atoms with Crippen molar-refractivity contribution < 1.29 is 14.7 Å². The molecule has 0 saturated heterocycles. The number of benzene rings is 2. The minimum atomic E-state index is -0.947. The molecule has 2 aliphatic rings. The van der Waals surface area contributed by atoms with Crippen molar-refractivity contribution >= 4 is 34.4 Å². The summed E-state index contributed by atoms with van der Waals surface area (Å²) >= 11 is 6.41. The molecule has 2 heterocycles. The fourth-order valence-corrected chi connectivity index (χ4v) is 4.84. The van der Waals surface area contributed by atoms with E-state index in [4.69, 9.17) is 11.6 Å². The average Bonchev–Trinajstić information content (AvgIpc) is 3.29. The van der Waals surface area contributed by atoms with Gasteiger partial charge in [-0.25, -0.2) is 4.79 Å². The van der Waals surface area contributed by atoms with Gasteiger partial charge in [0, 0.05) is 12.4 Å². The molecular formula is C21H17ClN2O3. The van der Waals surface area contributed by atoms with E-state index >= 15 is 0 Å². The molecule has 2 aromatic carbocycles. The highest BCUT2D eigenvalue weighted by atomic mass is 35.5. The van der Waals surface area contributed by atoms with Crippen LogP contribution in [0.25, 0.3) is 10.9 Å². The minimum absolute atomic E-state index is 0.0257. The normalized spacial score (nSPS) is 18.2. The van der Waals surface area contributed by atoms with Crippen LogP contribution in [0.2, 0.25) is 5.02 Å². The van der Waals surface area contributed by atoms with Gasteiger partial charge in [0.2, 0.25) is 0 Å². The Kier molecular flexibility index (Phi) is 3.40. The Morgan fingerprint density at radius 2 is 2.07 bits per heavy atom. The Morgan fingerprint density at radius 1 is 1.26 bits per heavy atom. The highest BCUT2D eigenvalue weighted by molar-refractivity contribution is 6.37. The second-order valence-electron chi connectivity index (χ2n) is 7.22. The number of aromatic carboxylic acids is 1. The van der Waals surface area contributed by atoms with Gasteiger partial charge in [0.05, 0.1) is 39.9 Å². The van der Waals surface area contributed by atoms with Gasteiger partial charge in [-0.3, -0.25) is 4.79 Å². The first-order valence-corrected chi connectivity index (χ1v) is 9.28. The Hall–Kier alpha value is -2.79. The SMILES string of the molecule is Cn1c2c(c3c(Cl)cccc31)C(=O)N(C1CCc3ccc(C(=O)O)cc31)C2. The van der Waals surface area contributed by atoms with Gasteiger partial charge < -0.3 is 14.6 Å². The van der Waals surface area contributed by atoms with Crippen molar-refractivity contribution in [1.29, 1.82) is 0 Å². The van der Waals surface area contributed by atoms with Crippen LogP contribution in [-0.2, 0) is 20.0 Å². The number of fused-ring (bicyclic) bond motifs is 4. The zero-order valence-corrected chi connectivity index (χ0v) is 15.5. The molecule has 0 bridgehead atoms. The van der Waals surface area contributed by atoms with Crippen LogP contribution in [0.1, 0.15) is 50.0 Å². The summed E-state index contributed by atoms with van der Waals surface area (Å²) in [6.45, 7) is 0.511. The van der Waals surface area contributed by atoms with Crippen molar-refractivity contribution in [2.75, 3.05) is 0 Å². The summed E-state index contributed by atoms with van der Waals surface area (Å²) < 4.78 is 2.04. The minimum Gasteiger partial charge on any atom is -0.478 e. The summed E-state index contributed by atoms with van der Waals surface area (Å²) in [6.07, 6.45) is 1.66. The number of hydrogen-bond acceptors (Lipinski definition) is 2. The Morgan fingerprint density at radius 3 is 2.85 bits per heavy atom. The van der Waals surface area contributed by atoms with Gasteiger partial charge in [0.15, 0.2) is 0 Å². The van der Waals surface area contributed by atoms with Gasteiger partial charge in [-0.15, -0.1) is 0 Å². The Bertz CT molecular complexity index is 1150. The third kappa shape index (κ3) is 2.18. The number of halogens is 1. The van der Waals surface area contributed by atoms with E-state index in [1.54, 1.807) is 12.1 Å². The monoisotopic (exact) mass is 380 g/mol. The molecule has 1 amide bonds. The van der Waals surface area contributed by atoms with Crippen LogP contribution < -0.4 is 0 Å². The van der Waals surface area contributed by atoms with Gasteiger partial charge in [-0.1, -0.05) is 23.7 Å². The third-order valence-corrected chi connectivity index (χ3v) is 6.22. The van der Waals surface area contributed by atoms with Crippen LogP contribution in [0.5, 0.6) is 0 Å². The maximum absolute atomic E-state index is 13.3. The van der Waals surface area contributed by atoms with Crippen molar-refractivity contribution in [1.82, 2.24) is 9.47 Å². The van der Waals surface area contributed by atoms with E-state index in [9.17, 15) is 14.7 Å². The topological polar surface area (TPSA) is 62.5 Å². The van der Waals surface area contributed by atoms with E-state index in [0.29, 0.717) is 17.1 Å². The summed E-state index contributed by atoms with van der Waals surface area (Å²) in [5.41, 5.74) is 4.94. The van der Waals surface area contributed by atoms with E-state index in [-0.39, 0.29) is 17.5 Å². The molecule has 5 rings (SSSR count). The van der Waals surface area contributed by atoms with Crippen LogP contribution in [-0.4, -0.2) is 26.5 Å². The Labute approximate surface area is 160 Å². The van der Waals surface area contributed by atoms with Crippen molar-refractivity contribution in [2.45, 2.75) is 25.4 Å². The largest absolute Gasteiger partial charge is 0.478 e. The van der Waals surface area contributed by atoms with Gasteiger partial charge in [0.25, 0.3) is 5.91 Å². The summed E-state index contributed by atoms with van der Waals surface area (Å²) in [6, 6.07) is 10.8. The zero-order valence-electron chi connectivity index (χ0n) is 14.7. The van der Waals surface area contributed by atoms with Crippen LogP contribution >= 0.6 is 11.6 Å². The van der Waals surface area contributed by atoms with E-state index in [1.807, 2.05) is 40.8 Å². The highest BCUT2D eigenvalue weighted by Gasteiger charge is 2.40. The lowest BCUT2D eigenvalue weighted by atomic mass is 10.0. The quantitative estimate of drug-likeness (QED) is 0.725. The molecule has 1 aliphatic carbocycles. The van der Waals surface area contributed by atoms with Crippen molar-refractivity contribution in [3.05, 3.63) is 69.4 Å². The fourth-order valence-electron chi connectivity index (χ4n) is 4.58. The molecule has 0 saturated carbocycles. The molecule has 1 unspecified atom stereocenters. The van der Waals surface area contributed by atoms with E-state index in [2.05, 4.69) is 0 Å². The first-order valence-electron chi connectivity index (χ1n) is 8.90. The molecule has 6 heteroatoms. The maximum atomic E-state index is 13.3. The summed E-state index contributed by atoms with van der Waals surface area (Å²) in [4.78, 5) is 26.6. The maximum Gasteiger partial charge on any atom is 0.335 e. The molecule has 1 atom stereocenters. The number of rotatable bonds is 2. The first-order chi connectivity index (χ1) is 13.0. The van der Waals surface area contributed by atoms with Gasteiger partial charge >= 0.3 is 5.97 Å². The van der Waals surface area contributed by atoms with Crippen molar-refractivity contribution in [3.63, 3.8) is 0 Å². The molecule has 0 radical (unpaired) electrons. The molecule has 136 valence electrons. The second kappa shape index (κ2) is 5.60. The second-order valence-corrected chi connectivity index (χ2v) is 7.63. The number of carbonyl (C=O) groups is 2. The lowest BCUT2D eigenvalue weighted by Gasteiger charge is -2.25. The molecule has 0 fully saturated rings. The molecular weight excluding hydrogens is 364 g/mol. The Balaban J connectivity index is 1.60. The summed E-state index contributed by atoms with van der Waals surface area (Å²) in [5, 5.41) is 10.7. The number of nitrogens with zero attached hydrogens (tertiary/aromatic N) is 2.